The van der Waals surface area contributed by atoms with Crippen LogP contribution in [0.3, 0.4) is 0 Å². The van der Waals surface area contributed by atoms with E-state index in [0.29, 0.717) is 0 Å². The molecule has 0 atom stereocenters. The lowest BCUT2D eigenvalue weighted by molar-refractivity contribution is -0.00000255. The van der Waals surface area contributed by atoms with Gasteiger partial charge in [0, 0.05) is 0 Å². The van der Waals surface area contributed by atoms with Crippen LogP contribution in [0.25, 0.3) is 0 Å². The minimum Gasteiger partial charge on any atom is -1.00 e. The molecule has 70 valence electrons. The molecular formula is C9H16IPS. The van der Waals surface area contributed by atoms with Crippen LogP contribution >= 0.6 is 19.0 Å². The highest BCUT2D eigenvalue weighted by atomic mass is 127. The summed E-state index contributed by atoms with van der Waals surface area (Å²) in [6.45, 7) is 6.85. The summed E-state index contributed by atoms with van der Waals surface area (Å²) >= 11 is 1.96. The Bertz CT molecular complexity index is 203. The molecule has 0 amide bonds. The van der Waals surface area contributed by atoms with Crippen molar-refractivity contribution in [2.24, 2.45) is 0 Å². The van der Waals surface area contributed by atoms with Crippen molar-refractivity contribution in [3.05, 3.63) is 22.8 Å². The molecule has 1 rings (SSSR count). The van der Waals surface area contributed by atoms with Crippen molar-refractivity contribution in [1.82, 2.24) is 0 Å². The van der Waals surface area contributed by atoms with Crippen LogP contribution in [0.15, 0.2) is 22.8 Å². The Morgan fingerprint density at radius 2 is 1.67 bits per heavy atom. The first-order valence-corrected chi connectivity index (χ1v) is 7.76. The Balaban J connectivity index is 0.00000121. The molecule has 0 saturated carbocycles. The Kier molecular flexibility index (Phi) is 5.43. The molecule has 0 fully saturated rings. The number of hydrogen-bond donors (Lipinski definition) is 0. The first-order valence-electron chi connectivity index (χ1n) is 3.80. The summed E-state index contributed by atoms with van der Waals surface area (Å²) in [5.74, 6) is 4.97. The topological polar surface area (TPSA) is 0 Å². The molecule has 12 heavy (non-hydrogen) atoms. The van der Waals surface area contributed by atoms with Gasteiger partial charge in [-0.3, -0.25) is 0 Å². The summed E-state index contributed by atoms with van der Waals surface area (Å²) in [5, 5.41) is 0. The van der Waals surface area contributed by atoms with Crippen LogP contribution in [0.5, 0.6) is 0 Å². The highest BCUT2D eigenvalue weighted by molar-refractivity contribution is 8.08. The van der Waals surface area contributed by atoms with E-state index in [1.807, 2.05) is 11.8 Å². The van der Waals surface area contributed by atoms with Gasteiger partial charge >= 0.3 is 0 Å². The second-order valence-electron chi connectivity index (χ2n) is 3.39. The highest BCUT2D eigenvalue weighted by Crippen LogP contribution is 2.65. The third-order valence-corrected chi connectivity index (χ3v) is 7.22. The van der Waals surface area contributed by atoms with E-state index in [2.05, 4.69) is 38.4 Å². The molecule has 0 aromatic rings. The summed E-state index contributed by atoms with van der Waals surface area (Å²) < 4.78 is 0. The second-order valence-corrected chi connectivity index (χ2v) is 8.21. The van der Waals surface area contributed by atoms with Gasteiger partial charge in [0.25, 0.3) is 0 Å². The van der Waals surface area contributed by atoms with Gasteiger partial charge in [-0.05, 0) is 31.2 Å². The normalized spacial score (nSPS) is 19.7. The van der Waals surface area contributed by atoms with Crippen LogP contribution in [0.2, 0.25) is 0 Å². The number of halogens is 1. The number of hydrogen-bond acceptors (Lipinski definition) is 1. The van der Waals surface area contributed by atoms with E-state index < -0.39 is 7.26 Å². The van der Waals surface area contributed by atoms with Gasteiger partial charge in [0.05, 0.1) is 25.6 Å². The monoisotopic (exact) mass is 314 g/mol. The summed E-state index contributed by atoms with van der Waals surface area (Å²) in [7, 11) is -0.793. The lowest BCUT2D eigenvalue weighted by atomic mass is 10.2. The molecule has 0 aliphatic carbocycles. The van der Waals surface area contributed by atoms with E-state index in [9.17, 15) is 0 Å². The average molecular weight is 314 g/mol. The van der Waals surface area contributed by atoms with E-state index in [0.717, 1.165) is 0 Å². The molecule has 1 heterocycles. The van der Waals surface area contributed by atoms with Crippen LogP contribution in [-0.4, -0.2) is 18.4 Å². The van der Waals surface area contributed by atoms with Crippen molar-refractivity contribution in [3.8, 4) is 0 Å². The van der Waals surface area contributed by atoms with E-state index in [1.54, 1.807) is 0 Å². The molecule has 3 heteroatoms. The van der Waals surface area contributed by atoms with Crippen molar-refractivity contribution in [3.63, 3.8) is 0 Å². The molecule has 0 aromatic heterocycles. The molecule has 1 aliphatic heterocycles. The highest BCUT2D eigenvalue weighted by Gasteiger charge is 2.31. The van der Waals surface area contributed by atoms with Crippen molar-refractivity contribution < 1.29 is 24.0 Å². The molecule has 0 saturated heterocycles. The smallest absolute Gasteiger partial charge is 0.112 e. The Morgan fingerprint density at radius 3 is 2.00 bits per heavy atom. The lowest BCUT2D eigenvalue weighted by Crippen LogP contribution is -3.00. The first kappa shape index (κ1) is 13.0. The standard InChI is InChI=1S/C9H16PS.HI/c1-8-5-10(3,7-11-4)6-9(8)2;/h5-6H,7H2,1-4H3;1H/q+1;/p-1. The van der Waals surface area contributed by atoms with Crippen LogP contribution in [0.1, 0.15) is 13.8 Å². The lowest BCUT2D eigenvalue weighted by Gasteiger charge is -2.08. The second kappa shape index (κ2) is 5.02. The maximum Gasteiger partial charge on any atom is 0.112 e. The fourth-order valence-electron chi connectivity index (χ4n) is 1.48. The van der Waals surface area contributed by atoms with E-state index in [1.165, 1.54) is 16.6 Å². The fraction of sp³-hybridized carbons (Fsp3) is 0.556. The van der Waals surface area contributed by atoms with Crippen molar-refractivity contribution in [1.29, 1.82) is 0 Å². The first-order chi connectivity index (χ1) is 5.07. The molecule has 0 aromatic carbocycles. The summed E-state index contributed by atoms with van der Waals surface area (Å²) in [6, 6.07) is 0. The number of allylic oxidation sites excluding steroid dienone is 2. The zero-order valence-corrected chi connectivity index (χ0v) is 12.0. The van der Waals surface area contributed by atoms with Gasteiger partial charge in [-0.1, -0.05) is 0 Å². The van der Waals surface area contributed by atoms with Gasteiger partial charge in [-0.25, -0.2) is 0 Å². The summed E-state index contributed by atoms with van der Waals surface area (Å²) in [4.78, 5) is 0. The Hall–Kier alpha value is 0.990. The quantitative estimate of drug-likeness (QED) is 0.536. The van der Waals surface area contributed by atoms with Gasteiger partial charge in [-0.2, -0.15) is 0 Å². The van der Waals surface area contributed by atoms with Gasteiger partial charge in [-0.15, -0.1) is 11.8 Å². The molecule has 0 nitrogen and oxygen atoms in total. The van der Waals surface area contributed by atoms with Crippen molar-refractivity contribution in [2.75, 3.05) is 18.4 Å². The van der Waals surface area contributed by atoms with Crippen LogP contribution < -0.4 is 24.0 Å². The zero-order valence-electron chi connectivity index (χ0n) is 8.10. The number of thioether (sulfide) groups is 1. The minimum absolute atomic E-state index is 0. The third kappa shape index (κ3) is 3.04. The SMILES string of the molecule is CSC[P+]1(C)C=C(C)C(C)=C1.[I-]. The van der Waals surface area contributed by atoms with E-state index in [4.69, 9.17) is 0 Å². The molecule has 0 N–H and O–H groups in total. The van der Waals surface area contributed by atoms with Crippen LogP contribution in [0, 0.1) is 0 Å². The van der Waals surface area contributed by atoms with E-state index >= 15 is 0 Å². The maximum atomic E-state index is 2.48. The Labute approximate surface area is 97.6 Å². The van der Waals surface area contributed by atoms with Gasteiger partial charge in [0.1, 0.15) is 5.49 Å². The van der Waals surface area contributed by atoms with Gasteiger partial charge in [0.2, 0.25) is 0 Å². The van der Waals surface area contributed by atoms with Gasteiger partial charge in [0.15, 0.2) is 0 Å². The molecular weight excluding hydrogens is 298 g/mol. The predicted octanol–water partition coefficient (Wildman–Crippen LogP) is 0.780. The van der Waals surface area contributed by atoms with Crippen molar-refractivity contribution in [2.45, 2.75) is 13.8 Å². The third-order valence-electron chi connectivity index (χ3n) is 2.01. The molecule has 0 spiro atoms. The Morgan fingerprint density at radius 1 is 1.25 bits per heavy atom. The summed E-state index contributed by atoms with van der Waals surface area (Å²) in [5.41, 5.74) is 4.30. The predicted molar refractivity (Wildman–Crippen MR) is 58.7 cm³/mol. The molecule has 0 bridgehead atoms. The van der Waals surface area contributed by atoms with Crippen molar-refractivity contribution >= 4 is 19.0 Å². The zero-order chi connectivity index (χ0) is 8.48. The van der Waals surface area contributed by atoms with Crippen LogP contribution in [0.4, 0.5) is 0 Å². The molecule has 0 radical (unpaired) electrons. The number of rotatable bonds is 2. The van der Waals surface area contributed by atoms with Crippen LogP contribution in [-0.2, 0) is 0 Å². The fourth-order valence-corrected chi connectivity index (χ4v) is 6.55. The minimum atomic E-state index is -0.793. The largest absolute Gasteiger partial charge is 1.00 e. The summed E-state index contributed by atoms with van der Waals surface area (Å²) in [6.07, 6.45) is 2.19. The maximum absolute atomic E-state index is 2.48. The molecule has 0 unspecified atom stereocenters. The average Bonchev–Trinajstić information content (AvgIpc) is 2.08. The molecule has 1 aliphatic rings. The van der Waals surface area contributed by atoms with Gasteiger partial charge < -0.3 is 24.0 Å². The van der Waals surface area contributed by atoms with E-state index in [-0.39, 0.29) is 24.0 Å².